The lowest BCUT2D eigenvalue weighted by atomic mass is 9.91. The number of nitrogens with one attached hydrogen (secondary N) is 1. The van der Waals surface area contributed by atoms with Crippen LogP contribution in [0.15, 0.2) is 30.5 Å². The van der Waals surface area contributed by atoms with E-state index in [1.165, 1.54) is 0 Å². The first-order valence-corrected chi connectivity index (χ1v) is 7.65. The van der Waals surface area contributed by atoms with Gasteiger partial charge in [0.25, 0.3) is 0 Å². The number of benzene rings is 1. The minimum absolute atomic E-state index is 0.0353. The SMILES string of the molecule is CCOC(=O)c1ccc2c(c1)C(N1C=CCC1=O)CC(C)N2. The number of carbonyl (C=O) groups is 2. The topological polar surface area (TPSA) is 58.6 Å². The van der Waals surface area contributed by atoms with Crippen molar-refractivity contribution >= 4 is 17.6 Å². The van der Waals surface area contributed by atoms with E-state index >= 15 is 0 Å². The third kappa shape index (κ3) is 2.58. The Labute approximate surface area is 129 Å². The third-order valence-corrected chi connectivity index (χ3v) is 4.08. The van der Waals surface area contributed by atoms with Gasteiger partial charge >= 0.3 is 5.97 Å². The van der Waals surface area contributed by atoms with Crippen molar-refractivity contribution in [3.63, 3.8) is 0 Å². The summed E-state index contributed by atoms with van der Waals surface area (Å²) in [6.07, 6.45) is 5.00. The normalized spacial score (nSPS) is 23.2. The quantitative estimate of drug-likeness (QED) is 0.872. The van der Waals surface area contributed by atoms with E-state index in [1.54, 1.807) is 17.9 Å². The van der Waals surface area contributed by atoms with Gasteiger partial charge in [-0.3, -0.25) is 4.79 Å². The van der Waals surface area contributed by atoms with Gasteiger partial charge in [0.1, 0.15) is 0 Å². The van der Waals surface area contributed by atoms with Gasteiger partial charge in [-0.1, -0.05) is 6.08 Å². The van der Waals surface area contributed by atoms with Crippen LogP contribution in [0.4, 0.5) is 5.69 Å². The number of amides is 1. The molecular weight excluding hydrogens is 280 g/mol. The largest absolute Gasteiger partial charge is 0.462 e. The van der Waals surface area contributed by atoms with Gasteiger partial charge in [-0.05, 0) is 44.0 Å². The van der Waals surface area contributed by atoms with Crippen molar-refractivity contribution in [1.82, 2.24) is 4.90 Å². The van der Waals surface area contributed by atoms with Crippen LogP contribution in [0, 0.1) is 0 Å². The van der Waals surface area contributed by atoms with Crippen molar-refractivity contribution in [3.8, 4) is 0 Å². The molecule has 0 spiro atoms. The summed E-state index contributed by atoms with van der Waals surface area (Å²) in [7, 11) is 0. The minimum atomic E-state index is -0.328. The van der Waals surface area contributed by atoms with Crippen LogP contribution in [0.2, 0.25) is 0 Å². The third-order valence-electron chi connectivity index (χ3n) is 4.08. The number of hydrogen-bond acceptors (Lipinski definition) is 4. The molecule has 2 atom stereocenters. The Kier molecular flexibility index (Phi) is 3.88. The molecule has 2 unspecified atom stereocenters. The predicted molar refractivity (Wildman–Crippen MR) is 83.4 cm³/mol. The van der Waals surface area contributed by atoms with Crippen LogP contribution in [0.5, 0.6) is 0 Å². The number of nitrogens with zero attached hydrogens (tertiary/aromatic N) is 1. The number of anilines is 1. The molecule has 1 aromatic rings. The average molecular weight is 300 g/mol. The summed E-state index contributed by atoms with van der Waals surface area (Å²) in [4.78, 5) is 25.8. The Morgan fingerprint density at radius 3 is 2.95 bits per heavy atom. The Bertz CT molecular complexity index is 639. The molecule has 5 heteroatoms. The zero-order valence-corrected chi connectivity index (χ0v) is 12.8. The van der Waals surface area contributed by atoms with E-state index < -0.39 is 0 Å². The van der Waals surface area contributed by atoms with E-state index in [9.17, 15) is 9.59 Å². The average Bonchev–Trinajstić information content (AvgIpc) is 2.92. The lowest BCUT2D eigenvalue weighted by molar-refractivity contribution is -0.128. The van der Waals surface area contributed by atoms with Crippen LogP contribution in [-0.2, 0) is 9.53 Å². The van der Waals surface area contributed by atoms with Crippen molar-refractivity contribution in [2.24, 2.45) is 0 Å². The lowest BCUT2D eigenvalue weighted by Crippen LogP contribution is -2.35. The molecular formula is C17H20N2O3. The second-order valence-electron chi connectivity index (χ2n) is 5.71. The summed E-state index contributed by atoms with van der Waals surface area (Å²) in [6, 6.07) is 5.74. The fourth-order valence-corrected chi connectivity index (χ4v) is 3.09. The molecule has 2 heterocycles. The molecule has 0 bridgehead atoms. The van der Waals surface area contributed by atoms with Gasteiger partial charge in [-0.2, -0.15) is 0 Å². The van der Waals surface area contributed by atoms with Crippen LogP contribution >= 0.6 is 0 Å². The number of carbonyl (C=O) groups excluding carboxylic acids is 2. The Balaban J connectivity index is 1.98. The van der Waals surface area contributed by atoms with Crippen LogP contribution in [0.3, 0.4) is 0 Å². The van der Waals surface area contributed by atoms with Gasteiger partial charge in [-0.15, -0.1) is 0 Å². The number of esters is 1. The molecule has 0 saturated carbocycles. The lowest BCUT2D eigenvalue weighted by Gasteiger charge is -2.36. The highest BCUT2D eigenvalue weighted by molar-refractivity contribution is 5.90. The van der Waals surface area contributed by atoms with Gasteiger partial charge in [0, 0.05) is 24.4 Å². The maximum atomic E-state index is 12.1. The second-order valence-corrected chi connectivity index (χ2v) is 5.71. The van der Waals surface area contributed by atoms with Gasteiger partial charge in [-0.25, -0.2) is 4.79 Å². The number of rotatable bonds is 3. The first-order valence-electron chi connectivity index (χ1n) is 7.65. The van der Waals surface area contributed by atoms with Gasteiger partial charge < -0.3 is 15.0 Å². The molecule has 22 heavy (non-hydrogen) atoms. The van der Waals surface area contributed by atoms with Crippen LogP contribution in [0.1, 0.15) is 48.7 Å². The molecule has 2 aliphatic rings. The van der Waals surface area contributed by atoms with Gasteiger partial charge in [0.15, 0.2) is 0 Å². The van der Waals surface area contributed by atoms with Gasteiger partial charge in [0.2, 0.25) is 5.91 Å². The zero-order valence-electron chi connectivity index (χ0n) is 12.8. The maximum absolute atomic E-state index is 12.1. The molecule has 0 saturated heterocycles. The van der Waals surface area contributed by atoms with E-state index in [4.69, 9.17) is 4.74 Å². The fraction of sp³-hybridized carbons (Fsp3) is 0.412. The van der Waals surface area contributed by atoms with Crippen molar-refractivity contribution in [3.05, 3.63) is 41.6 Å². The predicted octanol–water partition coefficient (Wildman–Crippen LogP) is 2.85. The number of ether oxygens (including phenoxy) is 1. The Morgan fingerprint density at radius 2 is 2.27 bits per heavy atom. The van der Waals surface area contributed by atoms with E-state index in [2.05, 4.69) is 12.2 Å². The van der Waals surface area contributed by atoms with E-state index in [0.29, 0.717) is 18.6 Å². The standard InChI is InChI=1S/C17H20N2O3/c1-3-22-17(21)12-6-7-14-13(10-12)15(9-11(2)18-14)19-8-4-5-16(19)20/h4,6-8,10-11,15,18H,3,5,9H2,1-2H3. The molecule has 1 N–H and O–H groups in total. The summed E-state index contributed by atoms with van der Waals surface area (Å²) < 4.78 is 5.07. The molecule has 0 aromatic heterocycles. The molecule has 2 aliphatic heterocycles. The van der Waals surface area contributed by atoms with E-state index in [1.807, 2.05) is 24.4 Å². The van der Waals surface area contributed by atoms with Gasteiger partial charge in [0.05, 0.1) is 18.2 Å². The minimum Gasteiger partial charge on any atom is -0.462 e. The number of fused-ring (bicyclic) bond motifs is 1. The molecule has 3 rings (SSSR count). The van der Waals surface area contributed by atoms with Crippen molar-refractivity contribution in [2.75, 3.05) is 11.9 Å². The summed E-state index contributed by atoms with van der Waals surface area (Å²) >= 11 is 0. The highest BCUT2D eigenvalue weighted by Gasteiger charge is 2.32. The Morgan fingerprint density at radius 1 is 1.45 bits per heavy atom. The molecule has 0 radical (unpaired) electrons. The highest BCUT2D eigenvalue weighted by atomic mass is 16.5. The van der Waals surface area contributed by atoms with Crippen LogP contribution < -0.4 is 5.32 Å². The molecule has 116 valence electrons. The fourth-order valence-electron chi connectivity index (χ4n) is 3.09. The number of hydrogen-bond donors (Lipinski definition) is 1. The summed E-state index contributed by atoms with van der Waals surface area (Å²) in [5.74, 6) is -0.224. The summed E-state index contributed by atoms with van der Waals surface area (Å²) in [5, 5.41) is 3.41. The smallest absolute Gasteiger partial charge is 0.338 e. The summed E-state index contributed by atoms with van der Waals surface area (Å²) in [6.45, 7) is 4.23. The highest BCUT2D eigenvalue weighted by Crippen LogP contribution is 2.38. The van der Waals surface area contributed by atoms with E-state index in [-0.39, 0.29) is 24.0 Å². The molecule has 0 aliphatic carbocycles. The zero-order chi connectivity index (χ0) is 15.7. The molecule has 0 fully saturated rings. The van der Waals surface area contributed by atoms with E-state index in [0.717, 1.165) is 17.7 Å². The first kappa shape index (κ1) is 14.6. The van der Waals surface area contributed by atoms with Crippen LogP contribution in [-0.4, -0.2) is 29.4 Å². The van der Waals surface area contributed by atoms with Crippen molar-refractivity contribution in [2.45, 2.75) is 38.8 Å². The Hall–Kier alpha value is -2.30. The summed E-state index contributed by atoms with van der Waals surface area (Å²) in [5.41, 5.74) is 2.48. The van der Waals surface area contributed by atoms with Crippen molar-refractivity contribution in [1.29, 1.82) is 0 Å². The van der Waals surface area contributed by atoms with Crippen molar-refractivity contribution < 1.29 is 14.3 Å². The van der Waals surface area contributed by atoms with Crippen LogP contribution in [0.25, 0.3) is 0 Å². The molecule has 1 amide bonds. The monoisotopic (exact) mass is 300 g/mol. The maximum Gasteiger partial charge on any atom is 0.338 e. The second kappa shape index (κ2) is 5.83. The first-order chi connectivity index (χ1) is 10.6. The molecule has 1 aromatic carbocycles. The molecule has 5 nitrogen and oxygen atoms in total.